The molecule has 2 aliphatic rings. The molecule has 0 N–H and O–H groups in total. The fourth-order valence-corrected chi connectivity index (χ4v) is 4.15. The van der Waals surface area contributed by atoms with E-state index in [2.05, 4.69) is 109 Å². The highest BCUT2D eigenvalue weighted by Crippen LogP contribution is 2.38. The van der Waals surface area contributed by atoms with Crippen LogP contribution in [0.1, 0.15) is 80.1 Å². The van der Waals surface area contributed by atoms with Crippen molar-refractivity contribution in [3.63, 3.8) is 0 Å². The quantitative estimate of drug-likeness (QED) is 0.304. The van der Waals surface area contributed by atoms with Gasteiger partial charge in [-0.3, -0.25) is 0 Å². The molecule has 0 radical (unpaired) electrons. The second-order valence-electron chi connectivity index (χ2n) is 9.47. The first-order valence-corrected chi connectivity index (χ1v) is 12.6. The van der Waals surface area contributed by atoms with Crippen LogP contribution in [-0.4, -0.2) is 0 Å². The fourth-order valence-electron chi connectivity index (χ4n) is 4.15. The first-order chi connectivity index (χ1) is 15.4. The Kier molecular flexibility index (Phi) is 10.7. The number of allylic oxidation sites excluding steroid dienone is 17. The monoisotopic (exact) mass is 428 g/mol. The lowest BCUT2D eigenvalue weighted by atomic mass is 9.80. The van der Waals surface area contributed by atoms with Gasteiger partial charge in [0.15, 0.2) is 0 Å². The molecule has 32 heavy (non-hydrogen) atoms. The molecule has 0 aromatic heterocycles. The zero-order valence-electron chi connectivity index (χ0n) is 21.4. The van der Waals surface area contributed by atoms with Gasteiger partial charge in [-0.15, -0.1) is 0 Å². The molecule has 0 aromatic carbocycles. The minimum Gasteiger partial charge on any atom is -0.0912 e. The van der Waals surface area contributed by atoms with Crippen LogP contribution < -0.4 is 0 Å². The van der Waals surface area contributed by atoms with E-state index in [4.69, 9.17) is 0 Å². The molecule has 0 aliphatic heterocycles. The van der Waals surface area contributed by atoms with E-state index in [-0.39, 0.29) is 0 Å². The molecule has 2 aliphatic carbocycles. The van der Waals surface area contributed by atoms with E-state index in [9.17, 15) is 0 Å². The predicted octanol–water partition coefficient (Wildman–Crippen LogP) is 9.93. The molecule has 0 saturated carbocycles. The highest BCUT2D eigenvalue weighted by Gasteiger charge is 2.21. The van der Waals surface area contributed by atoms with E-state index in [1.807, 2.05) is 0 Å². The van der Waals surface area contributed by atoms with Crippen molar-refractivity contribution in [3.8, 4) is 0 Å². The summed E-state index contributed by atoms with van der Waals surface area (Å²) in [6.07, 6.45) is 29.7. The molecule has 0 saturated heterocycles. The summed E-state index contributed by atoms with van der Waals surface area (Å²) < 4.78 is 0. The molecule has 0 nitrogen and oxygen atoms in total. The normalized spacial score (nSPS) is 18.8. The third-order valence-corrected chi connectivity index (χ3v) is 6.27. The van der Waals surface area contributed by atoms with Crippen LogP contribution in [0.5, 0.6) is 0 Å². The lowest BCUT2D eigenvalue weighted by Gasteiger charge is -2.25. The van der Waals surface area contributed by atoms with Gasteiger partial charge >= 0.3 is 0 Å². The molecule has 2 rings (SSSR count). The Balaban J connectivity index is 2.48. The lowest BCUT2D eigenvalue weighted by Crippen LogP contribution is -2.08. The molecule has 0 fully saturated rings. The summed E-state index contributed by atoms with van der Waals surface area (Å²) in [7, 11) is 0. The molecule has 1 atom stereocenters. The number of hydrogen-bond acceptors (Lipinski definition) is 0. The smallest absolute Gasteiger partial charge is 0.00821 e. The molecule has 172 valence electrons. The Labute approximate surface area is 198 Å². The van der Waals surface area contributed by atoms with Gasteiger partial charge in [0.1, 0.15) is 0 Å². The third kappa shape index (κ3) is 7.66. The largest absolute Gasteiger partial charge is 0.0912 e. The van der Waals surface area contributed by atoms with Crippen molar-refractivity contribution in [1.82, 2.24) is 0 Å². The minimum atomic E-state index is 0.581. The van der Waals surface area contributed by atoms with Crippen molar-refractivity contribution >= 4 is 0 Å². The number of rotatable bonds is 10. The van der Waals surface area contributed by atoms with Gasteiger partial charge in [0.2, 0.25) is 0 Å². The maximum atomic E-state index is 4.48. The number of hydrogen-bond donors (Lipinski definition) is 0. The molecule has 0 bridgehead atoms. The van der Waals surface area contributed by atoms with Crippen molar-refractivity contribution in [2.24, 2.45) is 11.8 Å². The summed E-state index contributed by atoms with van der Waals surface area (Å²) in [4.78, 5) is 0. The van der Waals surface area contributed by atoms with Gasteiger partial charge in [0.05, 0.1) is 0 Å². The van der Waals surface area contributed by atoms with Crippen LogP contribution in [0.4, 0.5) is 0 Å². The summed E-state index contributed by atoms with van der Waals surface area (Å²) in [6, 6.07) is 0. The van der Waals surface area contributed by atoms with Gasteiger partial charge in [0.25, 0.3) is 0 Å². The van der Waals surface area contributed by atoms with E-state index >= 15 is 0 Å². The summed E-state index contributed by atoms with van der Waals surface area (Å²) in [5, 5.41) is 0. The Morgan fingerprint density at radius 1 is 1.09 bits per heavy atom. The van der Waals surface area contributed by atoms with Gasteiger partial charge in [-0.2, -0.15) is 0 Å². The van der Waals surface area contributed by atoms with Crippen LogP contribution in [0.2, 0.25) is 0 Å². The maximum Gasteiger partial charge on any atom is -0.00821 e. The Hall–Kier alpha value is -2.34. The van der Waals surface area contributed by atoms with Crippen molar-refractivity contribution in [2.75, 3.05) is 0 Å². The van der Waals surface area contributed by atoms with Gasteiger partial charge in [0, 0.05) is 0 Å². The second-order valence-corrected chi connectivity index (χ2v) is 9.47. The topological polar surface area (TPSA) is 0 Å². The average Bonchev–Trinajstić information content (AvgIpc) is 3.01. The first kappa shape index (κ1) is 25.9. The summed E-state index contributed by atoms with van der Waals surface area (Å²) >= 11 is 0. The Bertz CT molecular complexity index is 900. The Morgan fingerprint density at radius 2 is 1.84 bits per heavy atom. The van der Waals surface area contributed by atoms with E-state index in [0.717, 1.165) is 37.7 Å². The van der Waals surface area contributed by atoms with Gasteiger partial charge in [-0.25, -0.2) is 0 Å². The molecular weight excluding hydrogens is 384 g/mol. The molecule has 0 amide bonds. The van der Waals surface area contributed by atoms with E-state index in [1.165, 1.54) is 39.9 Å². The average molecular weight is 429 g/mol. The van der Waals surface area contributed by atoms with Crippen molar-refractivity contribution in [2.45, 2.75) is 80.1 Å². The summed E-state index contributed by atoms with van der Waals surface area (Å²) in [6.45, 7) is 18.0. The van der Waals surface area contributed by atoms with Crippen molar-refractivity contribution < 1.29 is 0 Å². The third-order valence-electron chi connectivity index (χ3n) is 6.27. The van der Waals surface area contributed by atoms with E-state index in [0.29, 0.717) is 11.8 Å². The molecule has 0 aromatic rings. The zero-order chi connectivity index (χ0) is 23.5. The highest BCUT2D eigenvalue weighted by atomic mass is 14.3. The van der Waals surface area contributed by atoms with Gasteiger partial charge in [-0.05, 0) is 90.7 Å². The van der Waals surface area contributed by atoms with Crippen LogP contribution in [0.25, 0.3) is 0 Å². The van der Waals surface area contributed by atoms with Crippen molar-refractivity contribution in [1.29, 1.82) is 0 Å². The molecule has 0 spiro atoms. The van der Waals surface area contributed by atoms with Crippen LogP contribution in [-0.2, 0) is 0 Å². The summed E-state index contributed by atoms with van der Waals surface area (Å²) in [5.74, 6) is 1.17. The van der Waals surface area contributed by atoms with E-state index < -0.39 is 0 Å². The zero-order valence-corrected chi connectivity index (χ0v) is 21.4. The lowest BCUT2D eigenvalue weighted by molar-refractivity contribution is 0.653. The van der Waals surface area contributed by atoms with Gasteiger partial charge < -0.3 is 0 Å². The SMILES string of the molecule is C=C(/C=C\CC)C1=C(C2=CCCC=C2C(C)CC)CC=CC(C/C=C(C)\C=C/C(C)C)=C1. The molecule has 1 unspecified atom stereocenters. The van der Waals surface area contributed by atoms with Crippen LogP contribution in [0.15, 0.2) is 106 Å². The fraction of sp³-hybridized carbons (Fsp3) is 0.438. The standard InChI is InChI=1S/C32H44/c1-8-10-14-27(7)32-23-28(22-21-25(5)20-19-24(3)4)15-13-18-31(32)30-17-12-11-16-29(30)26(6)9-2/h10,13-17,19-21,23-24,26H,7-9,11-12,18,22H2,1-6H3/b14-10-,20-19-,25-21-. The van der Waals surface area contributed by atoms with Crippen LogP contribution >= 0.6 is 0 Å². The molecule has 0 heterocycles. The predicted molar refractivity (Wildman–Crippen MR) is 145 cm³/mol. The maximum absolute atomic E-state index is 4.48. The molecular formula is C32H44. The van der Waals surface area contributed by atoms with E-state index in [1.54, 1.807) is 0 Å². The van der Waals surface area contributed by atoms with Crippen molar-refractivity contribution in [3.05, 3.63) is 106 Å². The second kappa shape index (κ2) is 13.3. The Morgan fingerprint density at radius 3 is 2.53 bits per heavy atom. The molecule has 0 heteroatoms. The first-order valence-electron chi connectivity index (χ1n) is 12.6. The minimum absolute atomic E-state index is 0.581. The van der Waals surface area contributed by atoms with Gasteiger partial charge in [-0.1, -0.05) is 108 Å². The summed E-state index contributed by atoms with van der Waals surface area (Å²) in [5.41, 5.74) is 9.53. The van der Waals surface area contributed by atoms with Crippen LogP contribution in [0, 0.1) is 11.8 Å². The van der Waals surface area contributed by atoms with Crippen LogP contribution in [0.3, 0.4) is 0 Å². The highest BCUT2D eigenvalue weighted by molar-refractivity contribution is 5.62.